The monoisotopic (exact) mass is 420 g/mol. The molecule has 0 atom stereocenters. The molecule has 2 aromatic heterocycles. The number of anilines is 1. The number of carbonyl (C=O) groups excluding carboxylic acids is 1. The molecule has 1 aromatic carbocycles. The molecule has 0 bridgehead atoms. The molecule has 0 radical (unpaired) electrons. The third-order valence-corrected chi connectivity index (χ3v) is 5.66. The number of fused-ring (bicyclic) bond motifs is 1. The second kappa shape index (κ2) is 8.16. The molecule has 0 saturated carbocycles. The summed E-state index contributed by atoms with van der Waals surface area (Å²) in [6.07, 6.45) is 1.74. The van der Waals surface area contributed by atoms with Gasteiger partial charge in [0, 0.05) is 37.9 Å². The number of hydrogen-bond acceptors (Lipinski definition) is 7. The SMILES string of the molecule is COc1ccc(C(=O)N2CCN(c3nc4cccnc4s3)CC2)cc1OC(F)F. The number of alkyl halides is 2. The van der Waals surface area contributed by atoms with Crippen LogP contribution in [-0.2, 0) is 0 Å². The highest BCUT2D eigenvalue weighted by Crippen LogP contribution is 2.31. The second-order valence-electron chi connectivity index (χ2n) is 6.35. The molecular weight excluding hydrogens is 402 g/mol. The maximum atomic E-state index is 12.8. The van der Waals surface area contributed by atoms with Crippen molar-refractivity contribution >= 4 is 32.7 Å². The Labute approximate surface area is 169 Å². The Morgan fingerprint density at radius 2 is 1.97 bits per heavy atom. The van der Waals surface area contributed by atoms with Gasteiger partial charge in [0.25, 0.3) is 5.91 Å². The first-order valence-electron chi connectivity index (χ1n) is 8.94. The van der Waals surface area contributed by atoms with E-state index in [2.05, 4.69) is 19.6 Å². The normalized spacial score (nSPS) is 14.5. The van der Waals surface area contributed by atoms with Crippen molar-refractivity contribution in [3.63, 3.8) is 0 Å². The van der Waals surface area contributed by atoms with Gasteiger partial charge in [0.05, 0.1) is 7.11 Å². The van der Waals surface area contributed by atoms with Crippen LogP contribution in [0, 0.1) is 0 Å². The van der Waals surface area contributed by atoms with Gasteiger partial charge in [0.2, 0.25) is 0 Å². The van der Waals surface area contributed by atoms with Gasteiger partial charge in [-0.1, -0.05) is 11.3 Å². The summed E-state index contributed by atoms with van der Waals surface area (Å²) in [6.45, 7) is -0.746. The van der Waals surface area contributed by atoms with E-state index in [-0.39, 0.29) is 23.0 Å². The molecule has 7 nitrogen and oxygen atoms in total. The van der Waals surface area contributed by atoms with Crippen molar-refractivity contribution in [2.75, 3.05) is 38.2 Å². The lowest BCUT2D eigenvalue weighted by molar-refractivity contribution is -0.0512. The molecule has 10 heteroatoms. The van der Waals surface area contributed by atoms with Crippen molar-refractivity contribution in [1.82, 2.24) is 14.9 Å². The molecule has 3 heterocycles. The predicted octanol–water partition coefficient (Wildman–Crippen LogP) is 3.26. The van der Waals surface area contributed by atoms with E-state index in [9.17, 15) is 13.6 Å². The summed E-state index contributed by atoms with van der Waals surface area (Å²) in [6, 6.07) is 8.06. The van der Waals surface area contributed by atoms with Gasteiger partial charge in [0.1, 0.15) is 10.3 Å². The molecule has 1 aliphatic rings. The van der Waals surface area contributed by atoms with Crippen LogP contribution in [0.4, 0.5) is 13.9 Å². The fraction of sp³-hybridized carbons (Fsp3) is 0.316. The summed E-state index contributed by atoms with van der Waals surface area (Å²) in [5.41, 5.74) is 1.13. The number of methoxy groups -OCH3 is 1. The van der Waals surface area contributed by atoms with Crippen LogP contribution < -0.4 is 14.4 Å². The highest BCUT2D eigenvalue weighted by Gasteiger charge is 2.25. The van der Waals surface area contributed by atoms with Crippen LogP contribution in [0.15, 0.2) is 36.5 Å². The van der Waals surface area contributed by atoms with Gasteiger partial charge in [-0.05, 0) is 30.3 Å². The quantitative estimate of drug-likeness (QED) is 0.631. The maximum Gasteiger partial charge on any atom is 0.387 e. The van der Waals surface area contributed by atoms with Gasteiger partial charge in [-0.2, -0.15) is 8.78 Å². The largest absolute Gasteiger partial charge is 0.493 e. The number of pyridine rings is 1. The summed E-state index contributed by atoms with van der Waals surface area (Å²) in [4.78, 5) is 26.4. The average molecular weight is 420 g/mol. The molecule has 1 amide bonds. The van der Waals surface area contributed by atoms with Crippen LogP contribution in [0.5, 0.6) is 11.5 Å². The van der Waals surface area contributed by atoms with Crippen molar-refractivity contribution in [3.05, 3.63) is 42.1 Å². The lowest BCUT2D eigenvalue weighted by Gasteiger charge is -2.34. The van der Waals surface area contributed by atoms with Crippen LogP contribution >= 0.6 is 11.3 Å². The first-order chi connectivity index (χ1) is 14.0. The van der Waals surface area contributed by atoms with Crippen LogP contribution in [0.1, 0.15) is 10.4 Å². The number of piperazine rings is 1. The Morgan fingerprint density at radius 3 is 2.66 bits per heavy atom. The fourth-order valence-corrected chi connectivity index (χ4v) is 4.14. The van der Waals surface area contributed by atoms with Gasteiger partial charge in [0.15, 0.2) is 16.6 Å². The third-order valence-electron chi connectivity index (χ3n) is 4.62. The van der Waals surface area contributed by atoms with Gasteiger partial charge in [-0.15, -0.1) is 0 Å². The third kappa shape index (κ3) is 4.07. The molecule has 0 aliphatic carbocycles. The summed E-state index contributed by atoms with van der Waals surface area (Å²) in [5.74, 6) is -0.248. The molecular formula is C19H18F2N4O3S. The highest BCUT2D eigenvalue weighted by molar-refractivity contribution is 7.21. The van der Waals surface area contributed by atoms with Crippen molar-refractivity contribution in [3.8, 4) is 11.5 Å². The number of carbonyl (C=O) groups is 1. The molecule has 4 rings (SSSR count). The van der Waals surface area contributed by atoms with E-state index in [1.54, 1.807) is 17.2 Å². The standard InChI is InChI=1S/C19H18F2N4O3S/c1-27-14-5-4-12(11-15(14)28-18(20)21)17(26)24-7-9-25(10-8-24)19-23-13-3-2-6-22-16(13)29-19/h2-6,11,18H,7-10H2,1H3. The number of rotatable bonds is 5. The Balaban J connectivity index is 1.44. The second-order valence-corrected chi connectivity index (χ2v) is 7.30. The summed E-state index contributed by atoms with van der Waals surface area (Å²) < 4.78 is 34.7. The number of nitrogens with zero attached hydrogens (tertiary/aromatic N) is 4. The first-order valence-corrected chi connectivity index (χ1v) is 9.75. The number of hydrogen-bond donors (Lipinski definition) is 0. The van der Waals surface area contributed by atoms with E-state index in [1.807, 2.05) is 12.1 Å². The Hall–Kier alpha value is -3.01. The Kier molecular flexibility index (Phi) is 5.43. The van der Waals surface area contributed by atoms with Crippen LogP contribution in [-0.4, -0.2) is 60.7 Å². The van der Waals surface area contributed by atoms with Crippen molar-refractivity contribution < 1.29 is 23.0 Å². The Bertz CT molecular complexity index is 989. The number of ether oxygens (including phenoxy) is 2. The Morgan fingerprint density at radius 1 is 1.17 bits per heavy atom. The minimum Gasteiger partial charge on any atom is -0.493 e. The molecule has 1 saturated heterocycles. The average Bonchev–Trinajstić information content (AvgIpc) is 3.17. The van der Waals surface area contributed by atoms with Crippen molar-refractivity contribution in [2.45, 2.75) is 6.61 Å². The zero-order valence-electron chi connectivity index (χ0n) is 15.5. The van der Waals surface area contributed by atoms with Crippen LogP contribution in [0.3, 0.4) is 0 Å². The number of halogens is 2. The molecule has 0 unspecified atom stereocenters. The smallest absolute Gasteiger partial charge is 0.387 e. The maximum absolute atomic E-state index is 12.8. The fourth-order valence-electron chi connectivity index (χ4n) is 3.17. The molecule has 29 heavy (non-hydrogen) atoms. The van der Waals surface area contributed by atoms with Crippen LogP contribution in [0.2, 0.25) is 0 Å². The number of thiazole rings is 1. The van der Waals surface area contributed by atoms with Gasteiger partial charge in [-0.3, -0.25) is 4.79 Å². The topological polar surface area (TPSA) is 67.8 Å². The number of benzene rings is 1. The molecule has 3 aromatic rings. The molecule has 0 spiro atoms. The van der Waals surface area contributed by atoms with Crippen LogP contribution in [0.25, 0.3) is 10.3 Å². The van der Waals surface area contributed by atoms with Gasteiger partial charge in [-0.25, -0.2) is 9.97 Å². The lowest BCUT2D eigenvalue weighted by Crippen LogP contribution is -2.48. The van der Waals surface area contributed by atoms with Gasteiger partial charge >= 0.3 is 6.61 Å². The summed E-state index contributed by atoms with van der Waals surface area (Å²) >= 11 is 1.52. The summed E-state index contributed by atoms with van der Waals surface area (Å²) in [7, 11) is 1.35. The number of aromatic nitrogens is 2. The van der Waals surface area contributed by atoms with E-state index in [0.29, 0.717) is 26.2 Å². The summed E-state index contributed by atoms with van der Waals surface area (Å²) in [5, 5.41) is 0.878. The molecule has 152 valence electrons. The predicted molar refractivity (Wildman–Crippen MR) is 105 cm³/mol. The molecule has 0 N–H and O–H groups in total. The van der Waals surface area contributed by atoms with E-state index < -0.39 is 6.61 Å². The minimum absolute atomic E-state index is 0.149. The zero-order chi connectivity index (χ0) is 20.4. The van der Waals surface area contributed by atoms with E-state index in [4.69, 9.17) is 4.74 Å². The van der Waals surface area contributed by atoms with Gasteiger partial charge < -0.3 is 19.3 Å². The van der Waals surface area contributed by atoms with E-state index in [0.717, 1.165) is 15.5 Å². The number of amides is 1. The zero-order valence-corrected chi connectivity index (χ0v) is 16.4. The molecule has 1 fully saturated rings. The van der Waals surface area contributed by atoms with Crippen molar-refractivity contribution in [2.24, 2.45) is 0 Å². The van der Waals surface area contributed by atoms with Crippen molar-refractivity contribution in [1.29, 1.82) is 0 Å². The van der Waals surface area contributed by atoms with E-state index >= 15 is 0 Å². The first kappa shape index (κ1) is 19.3. The minimum atomic E-state index is -3.00. The highest BCUT2D eigenvalue weighted by atomic mass is 32.1. The molecule has 1 aliphatic heterocycles. The van der Waals surface area contributed by atoms with E-state index in [1.165, 1.54) is 30.6 Å². The lowest BCUT2D eigenvalue weighted by atomic mass is 10.1.